The average Bonchev–Trinajstić information content (AvgIpc) is 3.21. The summed E-state index contributed by atoms with van der Waals surface area (Å²) < 4.78 is 0. The summed E-state index contributed by atoms with van der Waals surface area (Å²) in [5.74, 6) is 0.877. The van der Waals surface area contributed by atoms with Crippen LogP contribution >= 0.6 is 0 Å². The zero-order chi connectivity index (χ0) is 13.0. The van der Waals surface area contributed by atoms with Crippen molar-refractivity contribution in [3.8, 4) is 0 Å². The highest BCUT2D eigenvalue weighted by atomic mass is 16.1. The molecule has 1 unspecified atom stereocenters. The fourth-order valence-corrected chi connectivity index (χ4v) is 2.25. The first-order valence-corrected chi connectivity index (χ1v) is 6.82. The molecule has 3 nitrogen and oxygen atoms in total. The number of carbonyl (C=O) groups is 1. The van der Waals surface area contributed by atoms with Gasteiger partial charge in [-0.25, -0.2) is 0 Å². The van der Waals surface area contributed by atoms with E-state index in [0.29, 0.717) is 6.04 Å². The van der Waals surface area contributed by atoms with Crippen molar-refractivity contribution in [2.24, 2.45) is 5.92 Å². The second-order valence-electron chi connectivity index (χ2n) is 5.05. The Morgan fingerprint density at radius 2 is 2.11 bits per heavy atom. The molecular formula is C15H22N2O. The van der Waals surface area contributed by atoms with Crippen molar-refractivity contribution in [1.29, 1.82) is 0 Å². The Kier molecular flexibility index (Phi) is 4.24. The third-order valence-corrected chi connectivity index (χ3v) is 3.58. The van der Waals surface area contributed by atoms with Crippen LogP contribution in [0.2, 0.25) is 0 Å². The Morgan fingerprint density at radius 1 is 1.39 bits per heavy atom. The van der Waals surface area contributed by atoms with Gasteiger partial charge in [-0.15, -0.1) is 0 Å². The molecule has 2 N–H and O–H groups in total. The Bertz CT molecular complexity index is 413. The summed E-state index contributed by atoms with van der Waals surface area (Å²) in [5, 5.41) is 6.21. The maximum absolute atomic E-state index is 12.2. The van der Waals surface area contributed by atoms with E-state index in [4.69, 9.17) is 0 Å². The highest BCUT2D eigenvalue weighted by Crippen LogP contribution is 2.34. The van der Waals surface area contributed by atoms with Gasteiger partial charge in [-0.3, -0.25) is 4.79 Å². The molecule has 0 bridgehead atoms. The Balaban J connectivity index is 2.00. The SMILES string of the molecule is CCC(CC1CC1)NC(=O)c1ccccc1NC. The smallest absolute Gasteiger partial charge is 0.253 e. The first-order chi connectivity index (χ1) is 8.74. The van der Waals surface area contributed by atoms with E-state index in [0.717, 1.165) is 30.0 Å². The number of nitrogens with one attached hydrogen (secondary N) is 2. The molecule has 3 heteroatoms. The monoisotopic (exact) mass is 246 g/mol. The van der Waals surface area contributed by atoms with Gasteiger partial charge < -0.3 is 10.6 Å². The van der Waals surface area contributed by atoms with Crippen LogP contribution < -0.4 is 10.6 Å². The number of carbonyl (C=O) groups excluding carboxylic acids is 1. The largest absolute Gasteiger partial charge is 0.387 e. The Hall–Kier alpha value is -1.51. The van der Waals surface area contributed by atoms with Crippen LogP contribution in [-0.2, 0) is 0 Å². The lowest BCUT2D eigenvalue weighted by atomic mass is 10.1. The normalized spacial score (nSPS) is 16.1. The van der Waals surface area contributed by atoms with Gasteiger partial charge in [-0.05, 0) is 30.9 Å². The van der Waals surface area contributed by atoms with E-state index in [9.17, 15) is 4.79 Å². The summed E-state index contributed by atoms with van der Waals surface area (Å²) >= 11 is 0. The predicted molar refractivity (Wildman–Crippen MR) is 74.9 cm³/mol. The number of benzene rings is 1. The minimum Gasteiger partial charge on any atom is -0.387 e. The number of amides is 1. The topological polar surface area (TPSA) is 41.1 Å². The molecule has 0 saturated heterocycles. The minimum absolute atomic E-state index is 0.0347. The number of para-hydroxylation sites is 1. The van der Waals surface area contributed by atoms with E-state index in [1.165, 1.54) is 12.8 Å². The maximum atomic E-state index is 12.2. The molecule has 0 radical (unpaired) electrons. The molecule has 1 atom stereocenters. The summed E-state index contributed by atoms with van der Waals surface area (Å²) in [6.07, 6.45) is 4.80. The lowest BCUT2D eigenvalue weighted by Crippen LogP contribution is -2.35. The van der Waals surface area contributed by atoms with Gasteiger partial charge in [0.1, 0.15) is 0 Å². The lowest BCUT2D eigenvalue weighted by Gasteiger charge is -2.17. The molecule has 1 aliphatic rings. The van der Waals surface area contributed by atoms with Crippen LogP contribution in [0.3, 0.4) is 0 Å². The molecule has 18 heavy (non-hydrogen) atoms. The van der Waals surface area contributed by atoms with Crippen LogP contribution in [0, 0.1) is 5.92 Å². The van der Waals surface area contributed by atoms with Gasteiger partial charge in [0.15, 0.2) is 0 Å². The molecule has 1 aliphatic carbocycles. The van der Waals surface area contributed by atoms with E-state index in [-0.39, 0.29) is 5.91 Å². The summed E-state index contributed by atoms with van der Waals surface area (Å²) in [7, 11) is 1.84. The second kappa shape index (κ2) is 5.89. The molecule has 0 aliphatic heterocycles. The summed E-state index contributed by atoms with van der Waals surface area (Å²) in [6, 6.07) is 7.94. The molecule has 1 aromatic rings. The number of anilines is 1. The number of hydrogen-bond acceptors (Lipinski definition) is 2. The zero-order valence-electron chi connectivity index (χ0n) is 11.2. The molecule has 1 aromatic carbocycles. The fourth-order valence-electron chi connectivity index (χ4n) is 2.25. The van der Waals surface area contributed by atoms with Crippen LogP contribution in [0.1, 0.15) is 43.0 Å². The molecule has 0 heterocycles. The minimum atomic E-state index is 0.0347. The molecule has 1 saturated carbocycles. The van der Waals surface area contributed by atoms with E-state index >= 15 is 0 Å². The zero-order valence-corrected chi connectivity index (χ0v) is 11.2. The van der Waals surface area contributed by atoms with Gasteiger partial charge in [0.2, 0.25) is 0 Å². The van der Waals surface area contributed by atoms with Gasteiger partial charge >= 0.3 is 0 Å². The van der Waals surface area contributed by atoms with Crippen molar-refractivity contribution in [1.82, 2.24) is 5.32 Å². The van der Waals surface area contributed by atoms with Gasteiger partial charge in [0.25, 0.3) is 5.91 Å². The van der Waals surface area contributed by atoms with Crippen molar-refractivity contribution < 1.29 is 4.79 Å². The molecule has 0 aromatic heterocycles. The Morgan fingerprint density at radius 3 is 2.72 bits per heavy atom. The average molecular weight is 246 g/mol. The van der Waals surface area contributed by atoms with Crippen LogP contribution in [0.4, 0.5) is 5.69 Å². The summed E-state index contributed by atoms with van der Waals surface area (Å²) in [6.45, 7) is 2.14. The first kappa shape index (κ1) is 12.9. The third kappa shape index (κ3) is 3.25. The molecule has 2 rings (SSSR count). The number of rotatable bonds is 6. The molecule has 0 spiro atoms. The third-order valence-electron chi connectivity index (χ3n) is 3.58. The molecule has 1 fully saturated rings. The highest BCUT2D eigenvalue weighted by Gasteiger charge is 2.25. The molecular weight excluding hydrogens is 224 g/mol. The van der Waals surface area contributed by atoms with Crippen molar-refractivity contribution in [2.75, 3.05) is 12.4 Å². The highest BCUT2D eigenvalue weighted by molar-refractivity contribution is 5.99. The van der Waals surface area contributed by atoms with Crippen LogP contribution in [0.15, 0.2) is 24.3 Å². The summed E-state index contributed by atoms with van der Waals surface area (Å²) in [4.78, 5) is 12.2. The van der Waals surface area contributed by atoms with Crippen molar-refractivity contribution >= 4 is 11.6 Å². The fraction of sp³-hybridized carbons (Fsp3) is 0.533. The second-order valence-corrected chi connectivity index (χ2v) is 5.05. The molecule has 98 valence electrons. The van der Waals surface area contributed by atoms with Gasteiger partial charge in [0, 0.05) is 18.8 Å². The van der Waals surface area contributed by atoms with Crippen molar-refractivity contribution in [2.45, 2.75) is 38.6 Å². The maximum Gasteiger partial charge on any atom is 0.253 e. The van der Waals surface area contributed by atoms with E-state index in [1.807, 2.05) is 31.3 Å². The standard InChI is InChI=1S/C15H22N2O/c1-3-12(10-11-8-9-11)17-15(18)13-6-4-5-7-14(13)16-2/h4-7,11-12,16H,3,8-10H2,1-2H3,(H,17,18). The van der Waals surface area contributed by atoms with E-state index in [2.05, 4.69) is 17.6 Å². The van der Waals surface area contributed by atoms with Crippen LogP contribution in [-0.4, -0.2) is 19.0 Å². The van der Waals surface area contributed by atoms with Crippen LogP contribution in [0.5, 0.6) is 0 Å². The first-order valence-electron chi connectivity index (χ1n) is 6.82. The van der Waals surface area contributed by atoms with Crippen LogP contribution in [0.25, 0.3) is 0 Å². The van der Waals surface area contributed by atoms with Crippen molar-refractivity contribution in [3.63, 3.8) is 0 Å². The van der Waals surface area contributed by atoms with Gasteiger partial charge in [-0.2, -0.15) is 0 Å². The summed E-state index contributed by atoms with van der Waals surface area (Å²) in [5.41, 5.74) is 1.62. The Labute approximate surface area is 109 Å². The van der Waals surface area contributed by atoms with Crippen molar-refractivity contribution in [3.05, 3.63) is 29.8 Å². The van der Waals surface area contributed by atoms with Gasteiger partial charge in [-0.1, -0.05) is 31.9 Å². The quantitative estimate of drug-likeness (QED) is 0.810. The number of hydrogen-bond donors (Lipinski definition) is 2. The molecule has 1 amide bonds. The van der Waals surface area contributed by atoms with Gasteiger partial charge in [0.05, 0.1) is 5.56 Å². The van der Waals surface area contributed by atoms with E-state index in [1.54, 1.807) is 0 Å². The predicted octanol–water partition coefficient (Wildman–Crippen LogP) is 3.04. The lowest BCUT2D eigenvalue weighted by molar-refractivity contribution is 0.0933. The van der Waals surface area contributed by atoms with E-state index < -0.39 is 0 Å².